The molecule has 0 bridgehead atoms. The van der Waals surface area contributed by atoms with Gasteiger partial charge in [-0.2, -0.15) is 0 Å². The highest BCUT2D eigenvalue weighted by Gasteiger charge is 2.48. The Morgan fingerprint density at radius 3 is 2.50 bits per heavy atom. The zero-order valence-electron chi connectivity index (χ0n) is 10.9. The van der Waals surface area contributed by atoms with E-state index in [1.807, 2.05) is 6.92 Å². The van der Waals surface area contributed by atoms with Crippen molar-refractivity contribution in [2.75, 3.05) is 19.6 Å². The Morgan fingerprint density at radius 2 is 1.94 bits per heavy atom. The number of piperidine rings is 1. The first-order valence-electron chi connectivity index (χ1n) is 6.83. The second-order valence-corrected chi connectivity index (χ2v) is 5.56. The van der Waals surface area contributed by atoms with Crippen LogP contribution in [0, 0.1) is 11.8 Å². The lowest BCUT2D eigenvalue weighted by molar-refractivity contribution is -0.140. The molecule has 0 aromatic carbocycles. The SMILES string of the molecule is CC(CN1CCCCC1)NC(=O)[C@@H]1C[C@@H]1C(=O)O. The highest BCUT2D eigenvalue weighted by atomic mass is 16.4. The zero-order chi connectivity index (χ0) is 13.1. The minimum absolute atomic E-state index is 0.0908. The first-order chi connectivity index (χ1) is 8.58. The molecule has 2 aliphatic rings. The standard InChI is InChI=1S/C13H22N2O3/c1-9(8-15-5-3-2-4-6-15)14-12(16)10-7-11(10)13(17)18/h9-11H,2-8H2,1H3,(H,14,16)(H,17,18)/t9?,10-,11+/m1/s1. The maximum absolute atomic E-state index is 11.8. The number of likely N-dealkylation sites (tertiary alicyclic amines) is 1. The van der Waals surface area contributed by atoms with E-state index in [4.69, 9.17) is 5.11 Å². The van der Waals surface area contributed by atoms with Crippen molar-refractivity contribution in [2.45, 2.75) is 38.6 Å². The van der Waals surface area contributed by atoms with Gasteiger partial charge in [0.05, 0.1) is 11.8 Å². The van der Waals surface area contributed by atoms with Gasteiger partial charge in [0.1, 0.15) is 0 Å². The molecule has 1 aliphatic heterocycles. The molecule has 0 aromatic heterocycles. The van der Waals surface area contributed by atoms with Crippen molar-refractivity contribution in [3.63, 3.8) is 0 Å². The average molecular weight is 254 g/mol. The maximum Gasteiger partial charge on any atom is 0.307 e. The molecule has 5 nitrogen and oxygen atoms in total. The van der Waals surface area contributed by atoms with Gasteiger partial charge in [0.25, 0.3) is 0 Å². The van der Waals surface area contributed by atoms with Crippen molar-refractivity contribution in [3.05, 3.63) is 0 Å². The molecule has 18 heavy (non-hydrogen) atoms. The van der Waals surface area contributed by atoms with Gasteiger partial charge >= 0.3 is 5.97 Å². The average Bonchev–Trinajstić information content (AvgIpc) is 3.09. The molecule has 1 unspecified atom stereocenters. The number of nitrogens with one attached hydrogen (secondary N) is 1. The van der Waals surface area contributed by atoms with Gasteiger partial charge in [-0.25, -0.2) is 0 Å². The van der Waals surface area contributed by atoms with E-state index in [1.165, 1.54) is 19.3 Å². The summed E-state index contributed by atoms with van der Waals surface area (Å²) in [6.07, 6.45) is 4.28. The zero-order valence-corrected chi connectivity index (χ0v) is 10.9. The number of carbonyl (C=O) groups excluding carboxylic acids is 1. The Kier molecular flexibility index (Phi) is 4.22. The van der Waals surface area contributed by atoms with E-state index in [-0.39, 0.29) is 17.9 Å². The third-order valence-electron chi connectivity index (χ3n) is 3.81. The number of amides is 1. The van der Waals surface area contributed by atoms with E-state index in [0.29, 0.717) is 6.42 Å². The van der Waals surface area contributed by atoms with Crippen molar-refractivity contribution in [1.82, 2.24) is 10.2 Å². The van der Waals surface area contributed by atoms with Crippen LogP contribution in [-0.2, 0) is 9.59 Å². The van der Waals surface area contributed by atoms with Crippen LogP contribution in [-0.4, -0.2) is 47.6 Å². The molecule has 2 N–H and O–H groups in total. The van der Waals surface area contributed by atoms with Crippen LogP contribution in [0.4, 0.5) is 0 Å². The summed E-state index contributed by atoms with van der Waals surface area (Å²) < 4.78 is 0. The van der Waals surface area contributed by atoms with Gasteiger partial charge in [-0.05, 0) is 39.3 Å². The fourth-order valence-electron chi connectivity index (χ4n) is 2.68. The molecule has 1 heterocycles. The molecule has 2 fully saturated rings. The molecule has 0 spiro atoms. The van der Waals surface area contributed by atoms with E-state index in [2.05, 4.69) is 10.2 Å². The summed E-state index contributed by atoms with van der Waals surface area (Å²) in [5.41, 5.74) is 0. The van der Waals surface area contributed by atoms with Crippen molar-refractivity contribution in [2.24, 2.45) is 11.8 Å². The van der Waals surface area contributed by atoms with Crippen LogP contribution in [0.3, 0.4) is 0 Å². The molecule has 1 saturated carbocycles. The Bertz CT molecular complexity index is 326. The lowest BCUT2D eigenvalue weighted by Gasteiger charge is -2.29. The van der Waals surface area contributed by atoms with Crippen LogP contribution in [0.25, 0.3) is 0 Å². The van der Waals surface area contributed by atoms with E-state index in [9.17, 15) is 9.59 Å². The van der Waals surface area contributed by atoms with E-state index in [0.717, 1.165) is 19.6 Å². The van der Waals surface area contributed by atoms with Gasteiger partial charge in [-0.3, -0.25) is 9.59 Å². The molecule has 5 heteroatoms. The molecule has 102 valence electrons. The number of carbonyl (C=O) groups is 2. The Hall–Kier alpha value is -1.10. The van der Waals surface area contributed by atoms with E-state index in [1.54, 1.807) is 0 Å². The Labute approximate surface area is 108 Å². The molecule has 0 radical (unpaired) electrons. The molecule has 0 aromatic rings. The van der Waals surface area contributed by atoms with Crippen LogP contribution in [0.5, 0.6) is 0 Å². The van der Waals surface area contributed by atoms with Crippen molar-refractivity contribution >= 4 is 11.9 Å². The Balaban J connectivity index is 1.69. The van der Waals surface area contributed by atoms with Crippen LogP contribution in [0.1, 0.15) is 32.6 Å². The maximum atomic E-state index is 11.8. The number of carboxylic acids is 1. The van der Waals surface area contributed by atoms with Gasteiger partial charge in [-0.15, -0.1) is 0 Å². The summed E-state index contributed by atoms with van der Waals surface area (Å²) in [5, 5.41) is 11.7. The fraction of sp³-hybridized carbons (Fsp3) is 0.846. The van der Waals surface area contributed by atoms with Gasteiger partial charge in [0.15, 0.2) is 0 Å². The third kappa shape index (κ3) is 3.45. The number of hydrogen-bond acceptors (Lipinski definition) is 3. The lowest BCUT2D eigenvalue weighted by Crippen LogP contribution is -2.44. The monoisotopic (exact) mass is 254 g/mol. The summed E-state index contributed by atoms with van der Waals surface area (Å²) in [4.78, 5) is 24.8. The first kappa shape index (κ1) is 13.3. The van der Waals surface area contributed by atoms with Gasteiger partial charge in [-0.1, -0.05) is 6.42 Å². The van der Waals surface area contributed by atoms with Crippen molar-refractivity contribution in [1.29, 1.82) is 0 Å². The van der Waals surface area contributed by atoms with Gasteiger partial charge < -0.3 is 15.3 Å². The van der Waals surface area contributed by atoms with Crippen LogP contribution in [0.2, 0.25) is 0 Å². The quantitative estimate of drug-likeness (QED) is 0.757. The molecule has 1 aliphatic carbocycles. The van der Waals surface area contributed by atoms with Gasteiger partial charge in [0.2, 0.25) is 5.91 Å². The molecule has 1 saturated heterocycles. The molecule has 3 atom stereocenters. The number of hydrogen-bond donors (Lipinski definition) is 2. The number of carboxylic acid groups (broad SMARTS) is 1. The second kappa shape index (κ2) is 5.69. The topological polar surface area (TPSA) is 69.6 Å². The lowest BCUT2D eigenvalue weighted by atomic mass is 10.1. The van der Waals surface area contributed by atoms with Crippen LogP contribution >= 0.6 is 0 Å². The number of nitrogens with zero attached hydrogens (tertiary/aromatic N) is 1. The minimum atomic E-state index is -0.848. The van der Waals surface area contributed by atoms with Gasteiger partial charge in [0, 0.05) is 12.6 Å². The second-order valence-electron chi connectivity index (χ2n) is 5.56. The number of aliphatic carboxylic acids is 1. The van der Waals surface area contributed by atoms with E-state index < -0.39 is 11.9 Å². The number of rotatable bonds is 5. The van der Waals surface area contributed by atoms with Crippen LogP contribution < -0.4 is 5.32 Å². The van der Waals surface area contributed by atoms with E-state index >= 15 is 0 Å². The summed E-state index contributed by atoms with van der Waals surface area (Å²) in [5.74, 6) is -1.69. The van der Waals surface area contributed by atoms with Crippen LogP contribution in [0.15, 0.2) is 0 Å². The molecule has 2 rings (SSSR count). The first-order valence-corrected chi connectivity index (χ1v) is 6.83. The fourth-order valence-corrected chi connectivity index (χ4v) is 2.68. The summed E-state index contributed by atoms with van der Waals surface area (Å²) >= 11 is 0. The summed E-state index contributed by atoms with van der Waals surface area (Å²) in [7, 11) is 0. The highest BCUT2D eigenvalue weighted by Crippen LogP contribution is 2.38. The molecule has 1 amide bonds. The normalized spacial score (nSPS) is 29.6. The summed E-state index contributed by atoms with van der Waals surface area (Å²) in [6, 6.07) is 0.102. The Morgan fingerprint density at radius 1 is 1.28 bits per heavy atom. The largest absolute Gasteiger partial charge is 0.481 e. The predicted molar refractivity (Wildman–Crippen MR) is 67.1 cm³/mol. The third-order valence-corrected chi connectivity index (χ3v) is 3.81. The predicted octanol–water partition coefficient (Wildman–Crippen LogP) is 0.698. The highest BCUT2D eigenvalue weighted by molar-refractivity contribution is 5.89. The minimum Gasteiger partial charge on any atom is -0.481 e. The molecular weight excluding hydrogens is 232 g/mol. The van der Waals surface area contributed by atoms with Crippen molar-refractivity contribution in [3.8, 4) is 0 Å². The smallest absolute Gasteiger partial charge is 0.307 e. The summed E-state index contributed by atoms with van der Waals surface area (Å²) in [6.45, 7) is 5.09. The molecular formula is C13H22N2O3. The van der Waals surface area contributed by atoms with Crippen molar-refractivity contribution < 1.29 is 14.7 Å².